The van der Waals surface area contributed by atoms with E-state index in [9.17, 15) is 14.4 Å². The van der Waals surface area contributed by atoms with Crippen LogP contribution in [-0.4, -0.2) is 58.6 Å². The van der Waals surface area contributed by atoms with Crippen LogP contribution in [0.4, 0.5) is 4.39 Å². The molecule has 0 bridgehead atoms. The summed E-state index contributed by atoms with van der Waals surface area (Å²) in [5.41, 5.74) is -1.87. The molecule has 0 aliphatic carbocycles. The van der Waals surface area contributed by atoms with Gasteiger partial charge in [0, 0.05) is 17.5 Å². The summed E-state index contributed by atoms with van der Waals surface area (Å²) in [4.78, 5) is 44.9. The number of nitrogens with zero attached hydrogens (tertiary/aromatic N) is 5. The highest BCUT2D eigenvalue weighted by Crippen LogP contribution is 2.38. The zero-order valence-electron chi connectivity index (χ0n) is 34.6. The van der Waals surface area contributed by atoms with Gasteiger partial charge >= 0.3 is 5.69 Å². The van der Waals surface area contributed by atoms with Gasteiger partial charge in [0.25, 0.3) is 13.9 Å². The van der Waals surface area contributed by atoms with Crippen molar-refractivity contribution in [2.75, 3.05) is 20.3 Å². The van der Waals surface area contributed by atoms with Crippen LogP contribution < -0.4 is 26.4 Å². The minimum atomic E-state index is -2.94. The average molecular weight is 826 g/mol. The smallest absolute Gasteiger partial charge is 0.333 e. The molecule has 0 fully saturated rings. The zero-order valence-corrected chi connectivity index (χ0v) is 36.4. The van der Waals surface area contributed by atoms with Crippen molar-refractivity contribution in [1.29, 1.82) is 0 Å². The number of hydrogen-bond acceptors (Lipinski definition) is 9. The number of halogens is 1. The summed E-state index contributed by atoms with van der Waals surface area (Å²) in [7, 11) is -1.45. The van der Waals surface area contributed by atoms with Crippen LogP contribution in [0.25, 0.3) is 15.2 Å². The number of aromatic nitrogens is 5. The molecule has 3 aromatic heterocycles. The van der Waals surface area contributed by atoms with Gasteiger partial charge in [-0.15, -0.1) is 4.80 Å². The van der Waals surface area contributed by atoms with E-state index in [0.717, 1.165) is 14.9 Å². The van der Waals surface area contributed by atoms with Gasteiger partial charge in [0.2, 0.25) is 0 Å². The number of Topliss-reactive ketones (excluding diaryl/α,β-unsaturated/α-hetero) is 1. The minimum absolute atomic E-state index is 0.00175. The van der Waals surface area contributed by atoms with Gasteiger partial charge in [0.15, 0.2) is 5.78 Å². The number of fused-ring (bicyclic) bond motifs is 1. The number of carbonyl (C=O) groups excluding carboxylic acids is 1. The predicted molar refractivity (Wildman–Crippen MR) is 229 cm³/mol. The van der Waals surface area contributed by atoms with Crippen LogP contribution in [0.5, 0.6) is 5.75 Å². The first kappa shape index (κ1) is 42.6. The standard InChI is InChI=1S/C44H52FN5O6SSi/c1-29(2)26-37(51)44(7,8)49-39(52)38-30(3)40(50-46-22-23-47-50)57-41(38)48(42(49)53)28-36(34-27-31(45)20-21-35(34)54-9)55-24-25-56-58(43(4,5)6,32-16-12-10-13-17-32)33-18-14-11-15-19-33/h10-23,27,29,36H,24-26,28H2,1-9H3/t36-/m0/s1. The number of aryl methyl sites for hydroxylation is 1. The monoisotopic (exact) mass is 825 g/mol. The van der Waals surface area contributed by atoms with Gasteiger partial charge in [-0.05, 0) is 60.3 Å². The molecule has 3 aromatic carbocycles. The SMILES string of the molecule is COc1ccc(F)cc1[C@H](Cn1c(=O)n(C(C)(C)C(=O)CC(C)C)c(=O)c2c(C)c(-n3nccn3)sc21)OCCO[Si](c1ccccc1)(c1ccccc1)C(C)(C)C. The van der Waals surface area contributed by atoms with E-state index in [4.69, 9.17) is 13.9 Å². The first-order valence-corrected chi connectivity index (χ1v) is 22.1. The van der Waals surface area contributed by atoms with Crippen LogP contribution >= 0.6 is 11.3 Å². The molecule has 0 amide bonds. The molecule has 306 valence electrons. The molecule has 0 spiro atoms. The third-order valence-corrected chi connectivity index (χ3v) is 17.0. The van der Waals surface area contributed by atoms with Crippen molar-refractivity contribution in [3.8, 4) is 10.8 Å². The van der Waals surface area contributed by atoms with E-state index in [1.54, 1.807) is 20.8 Å². The number of methoxy groups -OCH3 is 1. The van der Waals surface area contributed by atoms with Gasteiger partial charge in [-0.25, -0.2) is 13.8 Å². The van der Waals surface area contributed by atoms with E-state index >= 15 is 4.39 Å². The van der Waals surface area contributed by atoms with Crippen molar-refractivity contribution in [1.82, 2.24) is 24.1 Å². The lowest BCUT2D eigenvalue weighted by molar-refractivity contribution is -0.127. The topological polar surface area (TPSA) is 119 Å². The van der Waals surface area contributed by atoms with Crippen molar-refractivity contribution in [2.45, 2.75) is 85.0 Å². The van der Waals surface area contributed by atoms with Crippen molar-refractivity contribution in [2.24, 2.45) is 5.92 Å². The molecule has 0 unspecified atom stereocenters. The fourth-order valence-corrected chi connectivity index (χ4v) is 13.5. The molecule has 0 N–H and O–H groups in total. The molecule has 11 nitrogen and oxygen atoms in total. The molecule has 6 aromatic rings. The largest absolute Gasteiger partial charge is 0.496 e. The molecule has 1 atom stereocenters. The number of carbonyl (C=O) groups is 1. The number of hydrogen-bond donors (Lipinski definition) is 0. The fraction of sp³-hybridized carbons (Fsp3) is 0.386. The second kappa shape index (κ2) is 17.1. The van der Waals surface area contributed by atoms with Gasteiger partial charge in [-0.3, -0.25) is 14.2 Å². The quantitative estimate of drug-likeness (QED) is 0.0761. The van der Waals surface area contributed by atoms with E-state index in [1.807, 2.05) is 50.2 Å². The molecular formula is C44H52FN5O6SSi. The molecule has 0 saturated heterocycles. The van der Waals surface area contributed by atoms with Crippen LogP contribution in [0, 0.1) is 18.7 Å². The molecule has 6 rings (SSSR count). The second-order valence-electron chi connectivity index (χ2n) is 16.4. The molecule has 0 radical (unpaired) electrons. The number of ketones is 1. The maximum absolute atomic E-state index is 15.1. The Morgan fingerprint density at radius 2 is 1.50 bits per heavy atom. The Bertz CT molecular complexity index is 2450. The van der Waals surface area contributed by atoms with Gasteiger partial charge in [-0.2, -0.15) is 10.2 Å². The Kier molecular flexibility index (Phi) is 12.5. The Balaban J connectivity index is 1.48. The van der Waals surface area contributed by atoms with Crippen LogP contribution in [0.2, 0.25) is 5.04 Å². The summed E-state index contributed by atoms with van der Waals surface area (Å²) in [5, 5.41) is 11.3. The fourth-order valence-electron chi connectivity index (χ4n) is 7.76. The summed E-state index contributed by atoms with van der Waals surface area (Å²) >= 11 is 1.18. The first-order valence-electron chi connectivity index (χ1n) is 19.4. The predicted octanol–water partition coefficient (Wildman–Crippen LogP) is 6.95. The molecule has 14 heteroatoms. The zero-order chi connectivity index (χ0) is 42.0. The first-order chi connectivity index (χ1) is 27.5. The number of thiophene rings is 1. The molecule has 0 aliphatic rings. The third kappa shape index (κ3) is 8.02. The lowest BCUT2D eigenvalue weighted by atomic mass is 9.91. The Morgan fingerprint density at radius 3 is 2.05 bits per heavy atom. The normalized spacial score (nSPS) is 13.0. The van der Waals surface area contributed by atoms with Crippen LogP contribution in [0.15, 0.2) is 101 Å². The second-order valence-corrected chi connectivity index (χ2v) is 21.7. The lowest BCUT2D eigenvalue weighted by Crippen LogP contribution is -2.66. The molecule has 3 heterocycles. The number of ether oxygens (including phenoxy) is 2. The van der Waals surface area contributed by atoms with E-state index in [-0.39, 0.29) is 48.3 Å². The molecular weight excluding hydrogens is 774 g/mol. The highest BCUT2D eigenvalue weighted by molar-refractivity contribution is 7.21. The number of benzene rings is 3. The van der Waals surface area contributed by atoms with Crippen molar-refractivity contribution in [3.05, 3.63) is 129 Å². The van der Waals surface area contributed by atoms with E-state index in [2.05, 4.69) is 55.2 Å². The van der Waals surface area contributed by atoms with Gasteiger partial charge in [0.1, 0.15) is 33.0 Å². The molecule has 0 saturated carbocycles. The highest BCUT2D eigenvalue weighted by atomic mass is 32.1. The lowest BCUT2D eigenvalue weighted by Gasteiger charge is -2.43. The summed E-state index contributed by atoms with van der Waals surface area (Å²) in [5.74, 6) is -0.421. The van der Waals surface area contributed by atoms with Crippen LogP contribution in [0.3, 0.4) is 0 Å². The van der Waals surface area contributed by atoms with Gasteiger partial charge in [-0.1, -0.05) is 107 Å². The maximum atomic E-state index is 15.1. The van der Waals surface area contributed by atoms with Gasteiger partial charge < -0.3 is 13.9 Å². The van der Waals surface area contributed by atoms with E-state index in [0.29, 0.717) is 26.7 Å². The maximum Gasteiger partial charge on any atom is 0.333 e. The van der Waals surface area contributed by atoms with Crippen molar-refractivity contribution >= 4 is 46.0 Å². The summed E-state index contributed by atoms with van der Waals surface area (Å²) in [6, 6.07) is 24.7. The summed E-state index contributed by atoms with van der Waals surface area (Å²) in [6.45, 7) is 15.4. The van der Waals surface area contributed by atoms with Crippen molar-refractivity contribution in [3.63, 3.8) is 0 Å². The van der Waals surface area contributed by atoms with E-state index in [1.165, 1.54) is 58.4 Å². The van der Waals surface area contributed by atoms with Crippen molar-refractivity contribution < 1.29 is 23.1 Å². The summed E-state index contributed by atoms with van der Waals surface area (Å²) in [6.07, 6.45) is 2.25. The Morgan fingerprint density at radius 1 is 0.897 bits per heavy atom. The average Bonchev–Trinajstić information content (AvgIpc) is 3.84. The Labute approximate surface area is 343 Å². The highest BCUT2D eigenvalue weighted by Gasteiger charge is 2.50. The van der Waals surface area contributed by atoms with E-state index < -0.39 is 37.0 Å². The van der Waals surface area contributed by atoms with Gasteiger partial charge in [0.05, 0.1) is 44.6 Å². The van der Waals surface area contributed by atoms with Crippen LogP contribution in [0.1, 0.15) is 72.1 Å². The molecule has 58 heavy (non-hydrogen) atoms. The molecule has 0 aliphatic heterocycles. The minimum Gasteiger partial charge on any atom is -0.496 e. The third-order valence-electron chi connectivity index (χ3n) is 10.6. The number of rotatable bonds is 16. The van der Waals surface area contributed by atoms with Crippen LogP contribution in [-0.2, 0) is 26.0 Å². The Hall–Kier alpha value is -5.02. The summed E-state index contributed by atoms with van der Waals surface area (Å²) < 4.78 is 37.2.